The molecule has 2 rings (SSSR count). The Morgan fingerprint density at radius 3 is 2.68 bits per heavy atom. The largest absolute Gasteiger partial charge is 0.402 e. The summed E-state index contributed by atoms with van der Waals surface area (Å²) in [4.78, 5) is 0. The zero-order valence-corrected chi connectivity index (χ0v) is 10.6. The number of hydrogen-bond acceptors (Lipinski definition) is 4. The molecule has 3 N–H and O–H groups in total. The molecule has 6 nitrogen and oxygen atoms in total. The highest BCUT2D eigenvalue weighted by Gasteiger charge is 2.31. The minimum absolute atomic E-state index is 0.253. The highest BCUT2D eigenvalue weighted by molar-refractivity contribution is 7.89. The molecule has 1 saturated carbocycles. The number of rotatable bonds is 6. The number of aromatic nitrogens is 2. The molecule has 0 bridgehead atoms. The Labute approximate surface area is 107 Å². The zero-order valence-electron chi connectivity index (χ0n) is 9.79. The van der Waals surface area contributed by atoms with Crippen molar-refractivity contribution < 1.29 is 21.6 Å². The van der Waals surface area contributed by atoms with Crippen molar-refractivity contribution in [2.45, 2.75) is 36.6 Å². The zero-order chi connectivity index (χ0) is 14.1. The maximum Gasteiger partial charge on any atom is 0.402 e. The molecule has 0 radical (unpaired) electrons. The van der Waals surface area contributed by atoms with Gasteiger partial charge in [0.15, 0.2) is 5.03 Å². The van der Waals surface area contributed by atoms with Crippen molar-refractivity contribution in [3.05, 3.63) is 11.8 Å². The predicted molar refractivity (Wildman–Crippen MR) is 59.7 cm³/mol. The van der Waals surface area contributed by atoms with Crippen LogP contribution in [0.2, 0.25) is 0 Å². The lowest BCUT2D eigenvalue weighted by Crippen LogP contribution is -2.34. The molecule has 10 heteroatoms. The molecule has 0 unspecified atom stereocenters. The van der Waals surface area contributed by atoms with Crippen molar-refractivity contribution in [2.75, 3.05) is 6.54 Å². The van der Waals surface area contributed by atoms with Crippen LogP contribution in [0.1, 0.15) is 18.4 Å². The number of aromatic amines is 1. The van der Waals surface area contributed by atoms with E-state index in [2.05, 4.69) is 15.5 Å². The molecular formula is C9H13F3N4O2S. The summed E-state index contributed by atoms with van der Waals surface area (Å²) in [7, 11) is -4.24. The van der Waals surface area contributed by atoms with Crippen LogP contribution in [0.4, 0.5) is 13.2 Å². The van der Waals surface area contributed by atoms with Gasteiger partial charge in [0.25, 0.3) is 10.0 Å². The van der Waals surface area contributed by atoms with Crippen LogP contribution < -0.4 is 10.0 Å². The van der Waals surface area contributed by atoms with Gasteiger partial charge in [0, 0.05) is 18.2 Å². The Kier molecular flexibility index (Phi) is 3.83. The van der Waals surface area contributed by atoms with Gasteiger partial charge in [-0.3, -0.25) is 5.10 Å². The molecular weight excluding hydrogens is 285 g/mol. The molecule has 0 spiro atoms. The van der Waals surface area contributed by atoms with Crippen molar-refractivity contribution in [3.63, 3.8) is 0 Å². The fraction of sp³-hybridized carbons (Fsp3) is 0.667. The molecule has 1 aliphatic carbocycles. The molecule has 19 heavy (non-hydrogen) atoms. The number of alkyl halides is 3. The van der Waals surface area contributed by atoms with Crippen molar-refractivity contribution in [1.29, 1.82) is 0 Å². The third-order valence-corrected chi connectivity index (χ3v) is 3.98. The molecule has 0 atom stereocenters. The van der Waals surface area contributed by atoms with Gasteiger partial charge < -0.3 is 5.32 Å². The standard InChI is InChI=1S/C9H13F3N4O2S/c10-9(11,12)5-15-19(17,18)8-6(4-14-16-8)3-13-7-1-2-7/h4,7,13,15H,1-3,5H2,(H,14,16). The van der Waals surface area contributed by atoms with Gasteiger partial charge >= 0.3 is 6.18 Å². The second-order valence-corrected chi connectivity index (χ2v) is 6.02. The van der Waals surface area contributed by atoms with Gasteiger partial charge in [-0.15, -0.1) is 0 Å². The van der Waals surface area contributed by atoms with Crippen molar-refractivity contribution >= 4 is 10.0 Å². The molecule has 1 heterocycles. The van der Waals surface area contributed by atoms with Gasteiger partial charge in [-0.05, 0) is 12.8 Å². The van der Waals surface area contributed by atoms with Gasteiger partial charge in [0.05, 0.1) is 6.20 Å². The fourth-order valence-electron chi connectivity index (χ4n) is 1.45. The highest BCUT2D eigenvalue weighted by atomic mass is 32.2. The topological polar surface area (TPSA) is 86.9 Å². The van der Waals surface area contributed by atoms with E-state index in [1.807, 2.05) is 0 Å². The predicted octanol–water partition coefficient (Wildman–Crippen LogP) is 0.502. The summed E-state index contributed by atoms with van der Waals surface area (Å²) in [5, 5.41) is 8.52. The van der Waals surface area contributed by atoms with Crippen LogP contribution in [-0.2, 0) is 16.6 Å². The number of sulfonamides is 1. The monoisotopic (exact) mass is 298 g/mol. The van der Waals surface area contributed by atoms with Gasteiger partial charge in [-0.2, -0.15) is 18.3 Å². The molecule has 0 aliphatic heterocycles. The van der Waals surface area contributed by atoms with E-state index in [9.17, 15) is 21.6 Å². The minimum Gasteiger partial charge on any atom is -0.310 e. The van der Waals surface area contributed by atoms with E-state index in [4.69, 9.17) is 0 Å². The summed E-state index contributed by atoms with van der Waals surface area (Å²) in [6, 6.07) is 0.355. The van der Waals surface area contributed by atoms with Crippen LogP contribution in [0, 0.1) is 0 Å². The minimum atomic E-state index is -4.60. The Balaban J connectivity index is 2.04. The van der Waals surface area contributed by atoms with Gasteiger partial charge in [0.1, 0.15) is 6.54 Å². The number of nitrogens with zero attached hydrogens (tertiary/aromatic N) is 1. The van der Waals surface area contributed by atoms with Crippen LogP contribution in [-0.4, -0.2) is 37.4 Å². The van der Waals surface area contributed by atoms with E-state index in [1.54, 1.807) is 0 Å². The molecule has 1 aromatic rings. The van der Waals surface area contributed by atoms with Crippen LogP contribution in [0.3, 0.4) is 0 Å². The van der Waals surface area contributed by atoms with Crippen molar-refractivity contribution in [3.8, 4) is 0 Å². The first-order chi connectivity index (χ1) is 8.78. The van der Waals surface area contributed by atoms with Crippen molar-refractivity contribution in [1.82, 2.24) is 20.2 Å². The fourth-order valence-corrected chi connectivity index (χ4v) is 2.59. The van der Waals surface area contributed by atoms with Crippen LogP contribution in [0.25, 0.3) is 0 Å². The third-order valence-electron chi connectivity index (χ3n) is 2.57. The number of nitrogens with one attached hydrogen (secondary N) is 3. The van der Waals surface area contributed by atoms with Crippen LogP contribution in [0.5, 0.6) is 0 Å². The summed E-state index contributed by atoms with van der Waals surface area (Å²) in [6.45, 7) is -1.35. The van der Waals surface area contributed by atoms with E-state index in [1.165, 1.54) is 10.9 Å². The number of hydrogen-bond donors (Lipinski definition) is 3. The third kappa shape index (κ3) is 4.18. The van der Waals surface area contributed by atoms with Crippen LogP contribution >= 0.6 is 0 Å². The second-order valence-electron chi connectivity index (χ2n) is 4.32. The Morgan fingerprint density at radius 1 is 1.42 bits per heavy atom. The maximum atomic E-state index is 12.0. The summed E-state index contributed by atoms with van der Waals surface area (Å²) < 4.78 is 61.0. The van der Waals surface area contributed by atoms with E-state index in [0.717, 1.165) is 12.8 Å². The average Bonchev–Trinajstić information content (AvgIpc) is 3.00. The first-order valence-corrected chi connectivity index (χ1v) is 7.08. The average molecular weight is 298 g/mol. The van der Waals surface area contributed by atoms with Crippen LogP contribution in [0.15, 0.2) is 11.2 Å². The SMILES string of the molecule is O=S(=O)(NCC(F)(F)F)c1[nH]ncc1CNC1CC1. The first kappa shape index (κ1) is 14.3. The highest BCUT2D eigenvalue weighted by Crippen LogP contribution is 2.21. The second kappa shape index (κ2) is 5.10. The molecule has 108 valence electrons. The first-order valence-electron chi connectivity index (χ1n) is 5.60. The Hall–Kier alpha value is -1.13. The lowest BCUT2D eigenvalue weighted by Gasteiger charge is -2.09. The molecule has 1 fully saturated rings. The Morgan fingerprint density at radius 2 is 2.11 bits per heavy atom. The number of halogens is 3. The lowest BCUT2D eigenvalue weighted by atomic mass is 10.3. The normalized spacial score (nSPS) is 16.8. The summed E-state index contributed by atoms with van der Waals surface area (Å²) in [5.74, 6) is 0. The van der Waals surface area contributed by atoms with Gasteiger partial charge in [-0.25, -0.2) is 13.1 Å². The Bertz CT molecular complexity index is 536. The molecule has 1 aromatic heterocycles. The summed E-state index contributed by atoms with van der Waals surface area (Å²) >= 11 is 0. The van der Waals surface area contributed by atoms with E-state index < -0.39 is 22.7 Å². The van der Waals surface area contributed by atoms with E-state index in [-0.39, 0.29) is 11.6 Å². The van der Waals surface area contributed by atoms with Gasteiger partial charge in [0.2, 0.25) is 0 Å². The van der Waals surface area contributed by atoms with E-state index >= 15 is 0 Å². The van der Waals surface area contributed by atoms with Gasteiger partial charge in [-0.1, -0.05) is 0 Å². The lowest BCUT2D eigenvalue weighted by molar-refractivity contribution is -0.121. The molecule has 0 saturated heterocycles. The molecule has 0 amide bonds. The summed E-state index contributed by atoms with van der Waals surface area (Å²) in [5.41, 5.74) is 0.321. The summed E-state index contributed by atoms with van der Waals surface area (Å²) in [6.07, 6.45) is -1.27. The smallest absolute Gasteiger partial charge is 0.310 e. The molecule has 1 aliphatic rings. The van der Waals surface area contributed by atoms with E-state index in [0.29, 0.717) is 11.6 Å². The maximum absolute atomic E-state index is 12.0. The quantitative estimate of drug-likeness (QED) is 0.714. The number of H-pyrrole nitrogens is 1. The van der Waals surface area contributed by atoms with Crippen molar-refractivity contribution in [2.24, 2.45) is 0 Å². The molecule has 0 aromatic carbocycles.